The number of fused-ring (bicyclic) bond motifs is 4. The van der Waals surface area contributed by atoms with Crippen LogP contribution in [0.5, 0.6) is 0 Å². The van der Waals surface area contributed by atoms with Crippen LogP contribution in [0.25, 0.3) is 72.6 Å². The van der Waals surface area contributed by atoms with Crippen LogP contribution in [0.15, 0.2) is 162 Å². The molecule has 0 N–H and O–H groups in total. The van der Waals surface area contributed by atoms with Crippen LogP contribution >= 0.6 is 0 Å². The first-order valence-corrected chi connectivity index (χ1v) is 26.9. The van der Waals surface area contributed by atoms with Gasteiger partial charge < -0.3 is 14.0 Å². The monoisotopic (exact) mass is 1090 g/mol. The van der Waals surface area contributed by atoms with Crippen molar-refractivity contribution in [1.82, 2.24) is 19.5 Å². The average molecular weight is 1090 g/mol. The largest absolute Gasteiger partial charge is 0.501 e. The smallest absolute Gasteiger partial charge is 0.155 e. The number of aromatic nitrogens is 4. The van der Waals surface area contributed by atoms with E-state index >= 15 is 0 Å². The van der Waals surface area contributed by atoms with Crippen LogP contribution in [0, 0.1) is 12.1 Å². The van der Waals surface area contributed by atoms with Crippen LogP contribution in [0.4, 0.5) is 0 Å². The second-order valence-electron chi connectivity index (χ2n) is 20.1. The van der Waals surface area contributed by atoms with Gasteiger partial charge in [0.2, 0.25) is 0 Å². The first kappa shape index (κ1) is 45.5. The van der Waals surface area contributed by atoms with Gasteiger partial charge >= 0.3 is 0 Å². The Bertz CT molecular complexity index is 3410. The third-order valence-electron chi connectivity index (χ3n) is 12.4. The van der Waals surface area contributed by atoms with Crippen LogP contribution in [-0.2, 0) is 31.9 Å². The fourth-order valence-electron chi connectivity index (χ4n) is 8.76. The quantitative estimate of drug-likeness (QED) is 0.107. The maximum absolute atomic E-state index is 8.84. The maximum atomic E-state index is 8.84. The number of furan rings is 1. The Morgan fingerprint density at radius 1 is 0.691 bits per heavy atom. The summed E-state index contributed by atoms with van der Waals surface area (Å²) in [5.74, 6) is 1.31. The number of nitrogens with zero attached hydrogens (tertiary/aromatic N) is 4. The first-order valence-electron chi connectivity index (χ1n) is 24.4. The molecule has 0 amide bonds. The number of imidazole rings is 1. The van der Waals surface area contributed by atoms with Gasteiger partial charge in [-0.15, -0.1) is 54.1 Å². The minimum atomic E-state index is -1.76. The molecule has 0 atom stereocenters. The third-order valence-corrected chi connectivity index (χ3v) is 14.4. The van der Waals surface area contributed by atoms with Gasteiger partial charge in [-0.3, -0.25) is 4.98 Å². The molecule has 10 aromatic rings. The molecule has 0 aliphatic rings. The predicted octanol–water partition coefficient (Wildman–Crippen LogP) is 15.7. The number of hydrogen-bond acceptors (Lipinski definition) is 4. The normalized spacial score (nSPS) is 12.5. The van der Waals surface area contributed by atoms with Gasteiger partial charge in [-0.2, -0.15) is 0 Å². The Labute approximate surface area is 419 Å². The van der Waals surface area contributed by atoms with Gasteiger partial charge in [-0.25, -0.2) is 4.98 Å². The minimum absolute atomic E-state index is 0. The molecule has 0 saturated heterocycles. The van der Waals surface area contributed by atoms with Crippen molar-refractivity contribution in [1.29, 1.82) is 0 Å². The molecule has 68 heavy (non-hydrogen) atoms. The Kier molecular flexibility index (Phi) is 13.2. The summed E-state index contributed by atoms with van der Waals surface area (Å²) in [6.07, 6.45) is 2.32. The fourth-order valence-corrected chi connectivity index (χ4v) is 10.2. The molecule has 6 aromatic carbocycles. The van der Waals surface area contributed by atoms with Crippen molar-refractivity contribution < 1.29 is 27.3 Å². The summed E-state index contributed by atoms with van der Waals surface area (Å²) in [5.41, 5.74) is 14.4. The fraction of sp³-hybridized carbons (Fsp3) is 0.230. The van der Waals surface area contributed by atoms with Gasteiger partial charge in [-0.05, 0) is 92.2 Å². The molecular formula is C61H60IrN4OSi-2. The number of benzene rings is 6. The summed E-state index contributed by atoms with van der Waals surface area (Å²) >= 11 is 0. The van der Waals surface area contributed by atoms with Crippen LogP contribution in [0.2, 0.25) is 19.6 Å². The van der Waals surface area contributed by atoms with Gasteiger partial charge in [0.1, 0.15) is 5.58 Å². The zero-order valence-electron chi connectivity index (χ0n) is 42.7. The van der Waals surface area contributed by atoms with Gasteiger partial charge in [0.15, 0.2) is 5.65 Å². The zero-order chi connectivity index (χ0) is 48.8. The van der Waals surface area contributed by atoms with E-state index in [1.54, 1.807) is 0 Å². The van der Waals surface area contributed by atoms with E-state index in [1.165, 1.54) is 22.3 Å². The molecule has 0 aliphatic heterocycles. The number of rotatable bonds is 9. The average Bonchev–Trinajstić information content (AvgIpc) is 3.92. The van der Waals surface area contributed by atoms with Crippen LogP contribution in [-0.4, -0.2) is 27.6 Å². The van der Waals surface area contributed by atoms with Crippen LogP contribution in [0.1, 0.15) is 90.9 Å². The molecule has 1 radical (unpaired) electrons. The molecule has 0 aliphatic carbocycles. The summed E-state index contributed by atoms with van der Waals surface area (Å²) in [4.78, 5) is 15.1. The van der Waals surface area contributed by atoms with Crippen LogP contribution in [0.3, 0.4) is 0 Å². The van der Waals surface area contributed by atoms with Gasteiger partial charge in [-0.1, -0.05) is 170 Å². The number of hydrogen-bond donors (Lipinski definition) is 0. The summed E-state index contributed by atoms with van der Waals surface area (Å²) in [7, 11) is -1.76. The summed E-state index contributed by atoms with van der Waals surface area (Å²) < 4.78 is 26.5. The third kappa shape index (κ3) is 9.85. The Morgan fingerprint density at radius 2 is 1.35 bits per heavy atom. The number of pyridine rings is 2. The summed E-state index contributed by atoms with van der Waals surface area (Å²) in [5, 5.41) is 3.21. The van der Waals surface area contributed by atoms with Crippen molar-refractivity contribution in [3.05, 3.63) is 198 Å². The van der Waals surface area contributed by atoms with Crippen molar-refractivity contribution in [2.75, 3.05) is 0 Å². The molecule has 7 heteroatoms. The predicted molar refractivity (Wildman–Crippen MR) is 283 cm³/mol. The molecule has 0 bridgehead atoms. The van der Waals surface area contributed by atoms with Gasteiger partial charge in [0.25, 0.3) is 0 Å². The van der Waals surface area contributed by atoms with Crippen molar-refractivity contribution >= 4 is 46.4 Å². The second kappa shape index (κ2) is 19.8. The van der Waals surface area contributed by atoms with Crippen molar-refractivity contribution in [2.24, 2.45) is 0 Å². The molecule has 10 rings (SSSR count). The summed E-state index contributed by atoms with van der Waals surface area (Å²) in [6, 6.07) is 55.5. The molecule has 4 aromatic heterocycles. The topological polar surface area (TPSA) is 56.7 Å². The molecular weight excluding hydrogens is 1030 g/mol. The molecule has 0 unspecified atom stereocenters. The van der Waals surface area contributed by atoms with E-state index in [2.05, 4.69) is 157 Å². The van der Waals surface area contributed by atoms with Crippen LogP contribution < -0.4 is 5.19 Å². The summed E-state index contributed by atoms with van der Waals surface area (Å²) in [6.45, 7) is 22.4. The Hall–Kier alpha value is -6.24. The van der Waals surface area contributed by atoms with Gasteiger partial charge in [0.05, 0.1) is 25.0 Å². The second-order valence-corrected chi connectivity index (χ2v) is 25.1. The van der Waals surface area contributed by atoms with E-state index < -0.39 is 14.4 Å². The van der Waals surface area contributed by atoms with E-state index in [1.807, 2.05) is 91.3 Å². The molecule has 0 spiro atoms. The van der Waals surface area contributed by atoms with Gasteiger partial charge in [0, 0.05) is 46.3 Å². The van der Waals surface area contributed by atoms with E-state index in [-0.39, 0.29) is 37.4 Å². The molecule has 345 valence electrons. The van der Waals surface area contributed by atoms with E-state index in [0.29, 0.717) is 5.56 Å². The standard InChI is InChI=1S/C40H38N3O.C21H22NSi.Ir/c1-24(2)32-20-27(26-14-9-8-10-15-26)21-33(25(3)4)36(32)43-38(42-34-22-28(40(5,6)7)23-41-39(34)43)31-18-13-17-30-29-16-11-12-19-35(29)44-37(30)31;1-23(2,3)21-16-22-20(18-12-8-5-9-13-18)15-19(21)14-17-10-6-4-7-11-17;/h8-17,19-25H,1-7H3;4-12,15-16H,14H2,1-3H3;/q2*-1;/i;14D2;. The minimum Gasteiger partial charge on any atom is -0.501 e. The van der Waals surface area contributed by atoms with Crippen molar-refractivity contribution in [3.8, 4) is 39.5 Å². The van der Waals surface area contributed by atoms with Crippen molar-refractivity contribution in [2.45, 2.75) is 91.7 Å². The maximum Gasteiger partial charge on any atom is 0.155 e. The Morgan fingerprint density at radius 3 is 2.00 bits per heavy atom. The Balaban J connectivity index is 0.000000216. The number of para-hydroxylation sites is 1. The van der Waals surface area contributed by atoms with E-state index in [4.69, 9.17) is 17.1 Å². The molecule has 0 fully saturated rings. The van der Waals surface area contributed by atoms with E-state index in [9.17, 15) is 0 Å². The van der Waals surface area contributed by atoms with Crippen molar-refractivity contribution in [3.63, 3.8) is 0 Å². The SMILES string of the molecule is CC(C)c1cc(-c2ccccc2)cc(C(C)C)c1-n1c(-c2[c-]ccc3c2oc2ccccc23)nc2cc(C(C)(C)C)cnc21.[2H]C([2H])(c1ccccc1)c1cc(-c2[c-]cccc2)ncc1[Si](C)(C)C.[Ir]. The molecule has 0 saturated carbocycles. The van der Waals surface area contributed by atoms with E-state index in [0.717, 1.165) is 77.7 Å². The first-order chi connectivity index (χ1) is 32.9. The zero-order valence-corrected chi connectivity index (χ0v) is 44.1. The molecule has 4 heterocycles. The molecule has 5 nitrogen and oxygen atoms in total.